The van der Waals surface area contributed by atoms with Crippen LogP contribution in [-0.2, 0) is 31.7 Å². The molecule has 2 aliphatic rings. The van der Waals surface area contributed by atoms with E-state index in [1.807, 2.05) is 11.8 Å². The van der Waals surface area contributed by atoms with Crippen molar-refractivity contribution in [1.82, 2.24) is 20.2 Å². The highest BCUT2D eigenvalue weighted by atomic mass is 35.5. The molecule has 0 bridgehead atoms. The number of imidazole rings is 1. The summed E-state index contributed by atoms with van der Waals surface area (Å²) in [5, 5.41) is 18.2. The molecule has 3 rings (SSSR count). The highest BCUT2D eigenvalue weighted by molar-refractivity contribution is 8.12. The molecule has 4 atom stereocenters. The maximum absolute atomic E-state index is 12.6. The van der Waals surface area contributed by atoms with E-state index >= 15 is 0 Å². The predicted molar refractivity (Wildman–Crippen MR) is 115 cm³/mol. The Morgan fingerprint density at radius 2 is 2.19 bits per heavy atom. The first-order valence-electron chi connectivity index (χ1n) is 9.68. The number of aromatic nitrogens is 2. The zero-order valence-corrected chi connectivity index (χ0v) is 19.2. The number of amides is 1. The van der Waals surface area contributed by atoms with Crippen LogP contribution in [0.4, 0.5) is 0 Å². The number of amidine groups is 2. The molecule has 11 nitrogen and oxygen atoms in total. The van der Waals surface area contributed by atoms with Gasteiger partial charge in [0.05, 0.1) is 35.3 Å². The number of H-pyrrole nitrogens is 1. The SMILES string of the molecule is CCc1[nH]c(C(=O)NC2CCN(C3=NC(=NOC)C(C(=O)[O-])[S+]3C)CC2OC)nc1Cl. The Labute approximate surface area is 187 Å². The number of carbonyl (C=O) groups is 2. The smallest absolute Gasteiger partial charge is 0.324 e. The van der Waals surface area contributed by atoms with Crippen molar-refractivity contribution in [2.75, 3.05) is 33.6 Å². The van der Waals surface area contributed by atoms with Crippen molar-refractivity contribution < 1.29 is 24.3 Å². The minimum atomic E-state index is -1.24. The van der Waals surface area contributed by atoms with Crippen molar-refractivity contribution >= 4 is 45.4 Å². The number of aromatic amines is 1. The number of oxime groups is 1. The van der Waals surface area contributed by atoms with Crippen LogP contribution in [0.3, 0.4) is 0 Å². The Morgan fingerprint density at radius 1 is 1.45 bits per heavy atom. The number of carboxylic acid groups (broad SMARTS) is 1. The van der Waals surface area contributed by atoms with Gasteiger partial charge in [0.1, 0.15) is 19.3 Å². The summed E-state index contributed by atoms with van der Waals surface area (Å²) in [5.41, 5.74) is 0.704. The summed E-state index contributed by atoms with van der Waals surface area (Å²) in [6.45, 7) is 2.90. The van der Waals surface area contributed by atoms with Crippen LogP contribution in [0.15, 0.2) is 10.1 Å². The fourth-order valence-corrected chi connectivity index (χ4v) is 5.63. The lowest BCUT2D eigenvalue weighted by Gasteiger charge is -2.37. The van der Waals surface area contributed by atoms with E-state index in [9.17, 15) is 14.7 Å². The Morgan fingerprint density at radius 3 is 2.77 bits per heavy atom. The monoisotopic (exact) mass is 472 g/mol. The number of nitrogens with zero attached hydrogens (tertiary/aromatic N) is 4. The number of ether oxygens (including phenoxy) is 1. The largest absolute Gasteiger partial charge is 0.544 e. The van der Waals surface area contributed by atoms with E-state index in [-0.39, 0.29) is 34.9 Å². The van der Waals surface area contributed by atoms with Crippen molar-refractivity contribution in [3.05, 3.63) is 16.7 Å². The third-order valence-corrected chi connectivity index (χ3v) is 7.58. The van der Waals surface area contributed by atoms with Gasteiger partial charge in [0.25, 0.3) is 5.91 Å². The van der Waals surface area contributed by atoms with Gasteiger partial charge in [-0.15, -0.1) is 0 Å². The van der Waals surface area contributed by atoms with Crippen LogP contribution in [0.25, 0.3) is 0 Å². The molecule has 0 saturated carbocycles. The first-order valence-corrected chi connectivity index (χ1v) is 11.8. The van der Waals surface area contributed by atoms with Crippen LogP contribution in [0, 0.1) is 0 Å². The molecule has 0 aliphatic carbocycles. The number of aryl methyl sites for hydroxylation is 1. The lowest BCUT2D eigenvalue weighted by atomic mass is 10.0. The van der Waals surface area contributed by atoms with Crippen molar-refractivity contribution in [1.29, 1.82) is 0 Å². The summed E-state index contributed by atoms with van der Waals surface area (Å²) in [5.74, 6) is -1.35. The Balaban J connectivity index is 1.70. The summed E-state index contributed by atoms with van der Waals surface area (Å²) in [4.78, 5) is 42.3. The van der Waals surface area contributed by atoms with Crippen LogP contribution >= 0.6 is 11.6 Å². The number of carbonyl (C=O) groups excluding carboxylic acids is 2. The van der Waals surface area contributed by atoms with E-state index in [0.29, 0.717) is 36.8 Å². The average molecular weight is 473 g/mol. The summed E-state index contributed by atoms with van der Waals surface area (Å²) < 4.78 is 5.62. The lowest BCUT2D eigenvalue weighted by Crippen LogP contribution is -2.57. The molecule has 1 fully saturated rings. The van der Waals surface area contributed by atoms with Crippen LogP contribution in [-0.4, -0.2) is 88.7 Å². The van der Waals surface area contributed by atoms with Crippen LogP contribution in [0.2, 0.25) is 5.15 Å². The molecule has 170 valence electrons. The fraction of sp³-hybridized carbons (Fsp3) is 0.611. The minimum Gasteiger partial charge on any atom is -0.544 e. The molecule has 1 saturated heterocycles. The van der Waals surface area contributed by atoms with E-state index in [0.717, 1.165) is 0 Å². The zero-order valence-electron chi connectivity index (χ0n) is 17.7. The van der Waals surface area contributed by atoms with Gasteiger partial charge >= 0.3 is 5.17 Å². The van der Waals surface area contributed by atoms with Gasteiger partial charge in [-0.25, -0.2) is 4.98 Å². The van der Waals surface area contributed by atoms with Gasteiger partial charge < -0.3 is 34.7 Å². The molecule has 1 amide bonds. The third-order valence-electron chi connectivity index (χ3n) is 5.23. The Kier molecular flexibility index (Phi) is 7.44. The lowest BCUT2D eigenvalue weighted by molar-refractivity contribution is -0.303. The average Bonchev–Trinajstić information content (AvgIpc) is 3.28. The third kappa shape index (κ3) is 4.80. The second-order valence-corrected chi connectivity index (χ2v) is 9.39. The molecule has 1 aromatic rings. The van der Waals surface area contributed by atoms with Gasteiger partial charge in [-0.2, -0.15) is 4.99 Å². The van der Waals surface area contributed by atoms with E-state index < -0.39 is 22.1 Å². The number of methoxy groups -OCH3 is 1. The van der Waals surface area contributed by atoms with Crippen LogP contribution in [0.5, 0.6) is 0 Å². The van der Waals surface area contributed by atoms with E-state index in [4.69, 9.17) is 21.2 Å². The maximum atomic E-state index is 12.6. The Bertz CT molecular complexity index is 906. The van der Waals surface area contributed by atoms with Crippen LogP contribution in [0.1, 0.15) is 29.7 Å². The number of halogens is 1. The number of nitrogens with one attached hydrogen (secondary N) is 2. The summed E-state index contributed by atoms with van der Waals surface area (Å²) >= 11 is 6.03. The molecule has 0 radical (unpaired) electrons. The number of piperidine rings is 1. The number of aliphatic imine (C=N–C) groups is 1. The molecular formula is C18H25ClN6O5S. The zero-order chi connectivity index (χ0) is 22.7. The molecule has 31 heavy (non-hydrogen) atoms. The van der Waals surface area contributed by atoms with Crippen molar-refractivity contribution in [3.8, 4) is 0 Å². The van der Waals surface area contributed by atoms with Crippen molar-refractivity contribution in [2.24, 2.45) is 10.1 Å². The number of likely N-dealkylation sites (tertiary alicyclic amines) is 1. The highest BCUT2D eigenvalue weighted by Crippen LogP contribution is 2.24. The van der Waals surface area contributed by atoms with Gasteiger partial charge in [0, 0.05) is 13.7 Å². The van der Waals surface area contributed by atoms with Gasteiger partial charge in [0.15, 0.2) is 11.0 Å². The second-order valence-electron chi connectivity index (χ2n) is 7.08. The molecule has 2 aliphatic heterocycles. The predicted octanol–water partition coefficient (Wildman–Crippen LogP) is -0.859. The molecule has 13 heteroatoms. The molecule has 0 spiro atoms. The molecule has 2 N–H and O–H groups in total. The first-order chi connectivity index (χ1) is 14.8. The molecule has 0 aromatic carbocycles. The standard InChI is InChI=1S/C18H25ClN6O5S/c1-5-9-13(19)22-15(20-9)16(26)21-10-6-7-25(8-11(10)29-2)18-23-14(24-30-3)12(17(27)28)31(18)4/h10-12H,5-8H2,1-4H3,(H2-,20,21,22,26,27,28). The quantitative estimate of drug-likeness (QED) is 0.405. The number of hydrogen-bond donors (Lipinski definition) is 2. The minimum absolute atomic E-state index is 0.0918. The van der Waals surface area contributed by atoms with Gasteiger partial charge in [-0.1, -0.05) is 23.7 Å². The Hall–Kier alpha value is -2.31. The topological polar surface area (TPSA) is 144 Å². The maximum Gasteiger partial charge on any atom is 0.324 e. The molecule has 1 aromatic heterocycles. The van der Waals surface area contributed by atoms with Crippen molar-refractivity contribution in [2.45, 2.75) is 37.2 Å². The van der Waals surface area contributed by atoms with Crippen molar-refractivity contribution in [3.63, 3.8) is 0 Å². The van der Waals surface area contributed by atoms with Crippen LogP contribution < -0.4 is 10.4 Å². The normalized spacial score (nSPS) is 27.3. The first kappa shape index (κ1) is 23.4. The molecule has 4 unspecified atom stereocenters. The van der Waals surface area contributed by atoms with E-state index in [1.165, 1.54) is 7.11 Å². The number of rotatable bonds is 6. The molecular weight excluding hydrogens is 448 g/mol. The fourth-order valence-electron chi connectivity index (χ4n) is 3.64. The van der Waals surface area contributed by atoms with E-state index in [1.54, 1.807) is 13.4 Å². The van der Waals surface area contributed by atoms with E-state index in [2.05, 4.69) is 25.4 Å². The second kappa shape index (κ2) is 9.88. The van der Waals surface area contributed by atoms with Gasteiger partial charge in [0.2, 0.25) is 11.1 Å². The number of aliphatic carboxylic acids is 1. The molecule has 3 heterocycles. The number of carboxylic acids is 1. The number of hydrogen-bond acceptors (Lipinski definition) is 8. The highest BCUT2D eigenvalue weighted by Gasteiger charge is 2.49. The summed E-state index contributed by atoms with van der Waals surface area (Å²) in [6, 6.07) is -0.257. The summed E-state index contributed by atoms with van der Waals surface area (Å²) in [6.07, 6.45) is 2.67. The summed E-state index contributed by atoms with van der Waals surface area (Å²) in [7, 11) is 2.16. The van der Waals surface area contributed by atoms with Gasteiger partial charge in [-0.05, 0) is 12.8 Å². The van der Waals surface area contributed by atoms with Gasteiger partial charge in [-0.3, -0.25) is 4.79 Å².